The lowest BCUT2D eigenvalue weighted by Gasteiger charge is -2.25. The molecule has 0 aliphatic rings. The number of anilines is 1. The summed E-state index contributed by atoms with van der Waals surface area (Å²) >= 11 is 6.06. The van der Waals surface area contributed by atoms with Crippen LogP contribution in [0.2, 0.25) is 5.02 Å². The number of ether oxygens (including phenoxy) is 2. The first-order valence-electron chi connectivity index (χ1n) is 6.16. The van der Waals surface area contributed by atoms with Crippen LogP contribution in [-0.4, -0.2) is 40.5 Å². The van der Waals surface area contributed by atoms with Gasteiger partial charge in [-0.3, -0.25) is 0 Å². The van der Waals surface area contributed by atoms with E-state index >= 15 is 0 Å². The fraction of sp³-hybridized carbons (Fsp3) is 0.500. The van der Waals surface area contributed by atoms with E-state index in [0.29, 0.717) is 23.8 Å². The standard InChI is InChI=1S/C14H19ClN2O2/c1-18-9-4-7-17(8-10-19-2)14-6-3-5-13(15)12(14)11-16/h3,5-6H,4,7-10H2,1-2H3. The van der Waals surface area contributed by atoms with Gasteiger partial charge in [0.1, 0.15) is 6.07 Å². The van der Waals surface area contributed by atoms with Crippen molar-refractivity contribution in [1.82, 2.24) is 0 Å². The van der Waals surface area contributed by atoms with E-state index in [-0.39, 0.29) is 0 Å². The van der Waals surface area contributed by atoms with Crippen molar-refractivity contribution in [1.29, 1.82) is 5.26 Å². The fourth-order valence-electron chi connectivity index (χ4n) is 1.84. The molecular formula is C14H19ClN2O2. The zero-order valence-electron chi connectivity index (χ0n) is 11.4. The summed E-state index contributed by atoms with van der Waals surface area (Å²) in [6, 6.07) is 7.66. The molecule has 104 valence electrons. The van der Waals surface area contributed by atoms with Crippen LogP contribution in [-0.2, 0) is 9.47 Å². The lowest BCUT2D eigenvalue weighted by molar-refractivity contribution is 0.191. The summed E-state index contributed by atoms with van der Waals surface area (Å²) < 4.78 is 10.2. The molecule has 0 atom stereocenters. The Morgan fingerprint density at radius 3 is 2.58 bits per heavy atom. The molecule has 0 aromatic heterocycles. The van der Waals surface area contributed by atoms with Crippen LogP contribution in [0.1, 0.15) is 12.0 Å². The maximum Gasteiger partial charge on any atom is 0.103 e. The van der Waals surface area contributed by atoms with Gasteiger partial charge in [-0.1, -0.05) is 17.7 Å². The molecular weight excluding hydrogens is 264 g/mol. The Hall–Kier alpha value is -1.28. The van der Waals surface area contributed by atoms with E-state index in [2.05, 4.69) is 11.0 Å². The van der Waals surface area contributed by atoms with Crippen LogP contribution >= 0.6 is 11.6 Å². The van der Waals surface area contributed by atoms with Crippen LogP contribution in [0.15, 0.2) is 18.2 Å². The monoisotopic (exact) mass is 282 g/mol. The van der Waals surface area contributed by atoms with Crippen LogP contribution in [0.4, 0.5) is 5.69 Å². The van der Waals surface area contributed by atoms with E-state index < -0.39 is 0 Å². The second-order valence-electron chi connectivity index (χ2n) is 4.07. The Bertz CT molecular complexity index is 432. The van der Waals surface area contributed by atoms with Crippen molar-refractivity contribution < 1.29 is 9.47 Å². The van der Waals surface area contributed by atoms with E-state index in [1.807, 2.05) is 12.1 Å². The maximum absolute atomic E-state index is 9.23. The minimum absolute atomic E-state index is 0.481. The van der Waals surface area contributed by atoms with Crippen LogP contribution in [0.5, 0.6) is 0 Å². The Morgan fingerprint density at radius 2 is 1.95 bits per heavy atom. The van der Waals surface area contributed by atoms with Gasteiger partial charge in [0.25, 0.3) is 0 Å². The average Bonchev–Trinajstić information content (AvgIpc) is 2.42. The first kappa shape index (κ1) is 15.8. The molecule has 0 aliphatic carbocycles. The van der Waals surface area contributed by atoms with Gasteiger partial charge < -0.3 is 14.4 Å². The van der Waals surface area contributed by atoms with Crippen molar-refractivity contribution in [3.8, 4) is 6.07 Å². The Labute approximate surface area is 119 Å². The quantitative estimate of drug-likeness (QED) is 0.688. The predicted molar refractivity (Wildman–Crippen MR) is 76.7 cm³/mol. The molecule has 0 spiro atoms. The number of nitriles is 1. The molecule has 1 aromatic carbocycles. The van der Waals surface area contributed by atoms with Crippen LogP contribution < -0.4 is 4.90 Å². The van der Waals surface area contributed by atoms with E-state index in [9.17, 15) is 5.26 Å². The molecule has 5 heteroatoms. The normalized spacial score (nSPS) is 10.2. The first-order valence-corrected chi connectivity index (χ1v) is 6.53. The highest BCUT2D eigenvalue weighted by Gasteiger charge is 2.13. The minimum Gasteiger partial charge on any atom is -0.385 e. The molecule has 1 aromatic rings. The summed E-state index contributed by atoms with van der Waals surface area (Å²) in [4.78, 5) is 2.10. The summed E-state index contributed by atoms with van der Waals surface area (Å²) in [7, 11) is 3.34. The number of methoxy groups -OCH3 is 2. The highest BCUT2D eigenvalue weighted by atomic mass is 35.5. The molecule has 0 N–H and O–H groups in total. The molecule has 4 nitrogen and oxygen atoms in total. The molecule has 0 radical (unpaired) electrons. The average molecular weight is 283 g/mol. The second-order valence-corrected chi connectivity index (χ2v) is 4.48. The lowest BCUT2D eigenvalue weighted by Crippen LogP contribution is -2.29. The van der Waals surface area contributed by atoms with Crippen LogP contribution in [0, 0.1) is 11.3 Å². The number of hydrogen-bond donors (Lipinski definition) is 0. The summed E-state index contributed by atoms with van der Waals surface area (Å²) in [6.07, 6.45) is 0.887. The molecule has 1 rings (SSSR count). The number of nitrogens with zero attached hydrogens (tertiary/aromatic N) is 2. The molecule has 0 amide bonds. The highest BCUT2D eigenvalue weighted by molar-refractivity contribution is 6.32. The van der Waals surface area contributed by atoms with Gasteiger partial charge in [0.15, 0.2) is 0 Å². The second kappa shape index (κ2) is 8.76. The number of hydrogen-bond acceptors (Lipinski definition) is 4. The lowest BCUT2D eigenvalue weighted by atomic mass is 10.1. The van der Waals surface area contributed by atoms with Gasteiger partial charge in [-0.05, 0) is 18.6 Å². The van der Waals surface area contributed by atoms with Crippen molar-refractivity contribution >= 4 is 17.3 Å². The summed E-state index contributed by atoms with van der Waals surface area (Å²) in [5.41, 5.74) is 1.36. The zero-order valence-corrected chi connectivity index (χ0v) is 12.1. The van der Waals surface area contributed by atoms with Crippen molar-refractivity contribution in [2.24, 2.45) is 0 Å². The number of benzene rings is 1. The number of halogens is 1. The molecule has 0 unspecified atom stereocenters. The maximum atomic E-state index is 9.23. The minimum atomic E-state index is 0.481. The van der Waals surface area contributed by atoms with Crippen molar-refractivity contribution in [2.45, 2.75) is 6.42 Å². The Kier molecular flexibility index (Phi) is 7.27. The third-order valence-electron chi connectivity index (χ3n) is 2.79. The topological polar surface area (TPSA) is 45.5 Å². The van der Waals surface area contributed by atoms with Crippen LogP contribution in [0.3, 0.4) is 0 Å². The predicted octanol–water partition coefficient (Wildman–Crippen LogP) is 2.70. The van der Waals surface area contributed by atoms with E-state index in [4.69, 9.17) is 21.1 Å². The summed E-state index contributed by atoms with van der Waals surface area (Å²) in [5, 5.41) is 9.71. The molecule has 0 aliphatic heterocycles. The SMILES string of the molecule is COCCCN(CCOC)c1cccc(Cl)c1C#N. The van der Waals surface area contributed by atoms with Gasteiger partial charge in [-0.25, -0.2) is 0 Å². The molecule has 0 heterocycles. The molecule has 19 heavy (non-hydrogen) atoms. The Morgan fingerprint density at radius 1 is 1.21 bits per heavy atom. The van der Waals surface area contributed by atoms with E-state index in [0.717, 1.165) is 25.2 Å². The van der Waals surface area contributed by atoms with Gasteiger partial charge in [-0.15, -0.1) is 0 Å². The van der Waals surface area contributed by atoms with Crippen molar-refractivity contribution in [3.05, 3.63) is 28.8 Å². The molecule has 0 saturated heterocycles. The molecule has 0 fully saturated rings. The molecule has 0 bridgehead atoms. The summed E-state index contributed by atoms with van der Waals surface area (Å²) in [6.45, 7) is 2.80. The first-order chi connectivity index (χ1) is 9.24. The molecule has 0 saturated carbocycles. The van der Waals surface area contributed by atoms with Crippen molar-refractivity contribution in [3.63, 3.8) is 0 Å². The number of rotatable bonds is 8. The third kappa shape index (κ3) is 4.71. The third-order valence-corrected chi connectivity index (χ3v) is 3.10. The van der Waals surface area contributed by atoms with E-state index in [1.165, 1.54) is 0 Å². The van der Waals surface area contributed by atoms with E-state index in [1.54, 1.807) is 20.3 Å². The van der Waals surface area contributed by atoms with Gasteiger partial charge in [0, 0.05) is 33.9 Å². The smallest absolute Gasteiger partial charge is 0.103 e. The summed E-state index contributed by atoms with van der Waals surface area (Å²) in [5.74, 6) is 0. The van der Waals surface area contributed by atoms with Gasteiger partial charge in [0.05, 0.1) is 22.9 Å². The largest absolute Gasteiger partial charge is 0.385 e. The van der Waals surface area contributed by atoms with Gasteiger partial charge in [-0.2, -0.15) is 5.26 Å². The fourth-order valence-corrected chi connectivity index (χ4v) is 2.05. The Balaban J connectivity index is 2.89. The zero-order chi connectivity index (χ0) is 14.1. The van der Waals surface area contributed by atoms with Crippen molar-refractivity contribution in [2.75, 3.05) is 45.4 Å². The van der Waals surface area contributed by atoms with Crippen LogP contribution in [0.25, 0.3) is 0 Å². The van der Waals surface area contributed by atoms with Gasteiger partial charge >= 0.3 is 0 Å². The highest BCUT2D eigenvalue weighted by Crippen LogP contribution is 2.26. The van der Waals surface area contributed by atoms with Gasteiger partial charge in [0.2, 0.25) is 0 Å².